The summed E-state index contributed by atoms with van der Waals surface area (Å²) in [5, 5.41) is 6.54. The van der Waals surface area contributed by atoms with Gasteiger partial charge in [0, 0.05) is 25.4 Å². The molecule has 0 saturated carbocycles. The fourth-order valence-electron chi connectivity index (χ4n) is 3.13. The number of benzene rings is 2. The maximum atomic E-state index is 12.8. The fraction of sp³-hybridized carbons (Fsp3) is 0.136. The van der Waals surface area contributed by atoms with Gasteiger partial charge in [0.25, 0.3) is 0 Å². The zero-order chi connectivity index (χ0) is 24.3. The van der Waals surface area contributed by atoms with Crippen LogP contribution in [-0.2, 0) is 11.9 Å². The van der Waals surface area contributed by atoms with Gasteiger partial charge in [-0.05, 0) is 30.3 Å². The topological polar surface area (TPSA) is 82.8 Å². The number of halogens is 3. The third-order valence-electron chi connectivity index (χ3n) is 4.61. The van der Waals surface area contributed by atoms with E-state index in [9.17, 15) is 13.2 Å². The Morgan fingerprint density at radius 2 is 1.88 bits per heavy atom. The SMILES string of the molecule is [B]c1ccc(Nc2nc3cc(Oc4ccnc(/C=N\OC)c4)ccc3n2C)c(OC(F)(F)F)c1. The number of oxime groups is 1. The monoisotopic (exact) mass is 467 g/mol. The largest absolute Gasteiger partial charge is 0.573 e. The van der Waals surface area contributed by atoms with Gasteiger partial charge in [0.15, 0.2) is 5.75 Å². The van der Waals surface area contributed by atoms with Crippen LogP contribution in [0.2, 0.25) is 0 Å². The van der Waals surface area contributed by atoms with Crippen molar-refractivity contribution in [3.63, 3.8) is 0 Å². The molecule has 0 unspecified atom stereocenters. The van der Waals surface area contributed by atoms with E-state index in [-0.39, 0.29) is 11.2 Å². The van der Waals surface area contributed by atoms with Crippen LogP contribution in [0.15, 0.2) is 59.9 Å². The number of nitrogens with one attached hydrogen (secondary N) is 1. The second-order valence-corrected chi connectivity index (χ2v) is 7.01. The predicted octanol–water partition coefficient (Wildman–Crippen LogP) is 4.18. The molecule has 1 N–H and O–H groups in total. The lowest BCUT2D eigenvalue weighted by Crippen LogP contribution is -2.19. The Kier molecular flexibility index (Phi) is 6.31. The number of alkyl halides is 3. The molecule has 4 aromatic rings. The third-order valence-corrected chi connectivity index (χ3v) is 4.61. The number of nitrogens with zero attached hydrogens (tertiary/aromatic N) is 4. The number of hydrogen-bond donors (Lipinski definition) is 1. The average molecular weight is 467 g/mol. The quantitative estimate of drug-likeness (QED) is 0.250. The summed E-state index contributed by atoms with van der Waals surface area (Å²) in [4.78, 5) is 13.3. The predicted molar refractivity (Wildman–Crippen MR) is 121 cm³/mol. The van der Waals surface area contributed by atoms with Crippen molar-refractivity contribution in [1.29, 1.82) is 0 Å². The number of pyridine rings is 1. The molecule has 0 aliphatic heterocycles. The summed E-state index contributed by atoms with van der Waals surface area (Å²) < 4.78 is 50.1. The second kappa shape index (κ2) is 9.34. The summed E-state index contributed by atoms with van der Waals surface area (Å²) >= 11 is 0. The Hall–Kier alpha value is -4.22. The molecule has 0 aliphatic carbocycles. The van der Waals surface area contributed by atoms with Gasteiger partial charge in [-0.15, -0.1) is 13.2 Å². The normalized spacial score (nSPS) is 11.7. The van der Waals surface area contributed by atoms with Gasteiger partial charge in [0.05, 0.1) is 28.6 Å². The van der Waals surface area contributed by atoms with Crippen LogP contribution in [0.1, 0.15) is 5.69 Å². The molecule has 0 saturated heterocycles. The van der Waals surface area contributed by atoms with Crippen LogP contribution >= 0.6 is 0 Å². The Morgan fingerprint density at radius 1 is 1.09 bits per heavy atom. The number of ether oxygens (including phenoxy) is 2. The van der Waals surface area contributed by atoms with Gasteiger partial charge in [0.2, 0.25) is 5.95 Å². The van der Waals surface area contributed by atoms with E-state index in [0.29, 0.717) is 28.7 Å². The minimum atomic E-state index is -4.87. The van der Waals surface area contributed by atoms with Gasteiger partial charge in [-0.2, -0.15) is 0 Å². The van der Waals surface area contributed by atoms with Crippen LogP contribution in [0.3, 0.4) is 0 Å². The molecule has 2 heterocycles. The number of fused-ring (bicyclic) bond motifs is 1. The van der Waals surface area contributed by atoms with Crippen molar-refractivity contribution in [2.24, 2.45) is 12.2 Å². The maximum Gasteiger partial charge on any atom is 0.573 e. The number of hydrogen-bond acceptors (Lipinski definition) is 7. The van der Waals surface area contributed by atoms with E-state index in [2.05, 4.69) is 30.0 Å². The first-order valence-electron chi connectivity index (χ1n) is 9.81. The molecule has 0 spiro atoms. The summed E-state index contributed by atoms with van der Waals surface area (Å²) in [7, 11) is 8.77. The zero-order valence-electron chi connectivity index (χ0n) is 18.0. The number of aryl methyl sites for hydroxylation is 1. The Balaban J connectivity index is 1.60. The molecule has 2 aromatic carbocycles. The minimum Gasteiger partial charge on any atom is -0.457 e. The van der Waals surface area contributed by atoms with E-state index in [4.69, 9.17) is 12.6 Å². The molecule has 34 heavy (non-hydrogen) atoms. The van der Waals surface area contributed by atoms with E-state index < -0.39 is 12.1 Å². The van der Waals surface area contributed by atoms with Crippen molar-refractivity contribution in [1.82, 2.24) is 14.5 Å². The lowest BCUT2D eigenvalue weighted by molar-refractivity contribution is -0.274. The Morgan fingerprint density at radius 3 is 2.65 bits per heavy atom. The molecule has 4 rings (SSSR count). The molecule has 0 fully saturated rings. The molecular weight excluding hydrogens is 450 g/mol. The first-order valence-corrected chi connectivity index (χ1v) is 9.81. The smallest absolute Gasteiger partial charge is 0.457 e. The standard InChI is InChI=1S/C22H17BF3N5O3/c1-31-19-6-4-15(33-16-7-8-27-14(10-16)12-28-32-2)11-18(19)30-21(31)29-17-5-3-13(23)9-20(17)34-22(24,25)26/h3-12H,1-2H3,(H,29,30)/b28-12-. The summed E-state index contributed by atoms with van der Waals surface area (Å²) in [5.74, 6) is 0.864. The van der Waals surface area contributed by atoms with E-state index in [0.717, 1.165) is 11.6 Å². The van der Waals surface area contributed by atoms with Crippen LogP contribution in [0.5, 0.6) is 17.2 Å². The zero-order valence-corrected chi connectivity index (χ0v) is 18.0. The van der Waals surface area contributed by atoms with Crippen molar-refractivity contribution in [2.75, 3.05) is 12.4 Å². The molecule has 0 atom stereocenters. The van der Waals surface area contributed by atoms with E-state index in [1.54, 1.807) is 48.1 Å². The van der Waals surface area contributed by atoms with Crippen LogP contribution in [0.4, 0.5) is 24.8 Å². The van der Waals surface area contributed by atoms with Gasteiger partial charge in [-0.25, -0.2) is 4.98 Å². The molecule has 0 bridgehead atoms. The first kappa shape index (κ1) is 23.0. The van der Waals surface area contributed by atoms with Crippen LogP contribution in [0.25, 0.3) is 11.0 Å². The van der Waals surface area contributed by atoms with Crippen LogP contribution in [0, 0.1) is 0 Å². The third kappa shape index (κ3) is 5.40. The van der Waals surface area contributed by atoms with Crippen molar-refractivity contribution in [3.05, 3.63) is 60.4 Å². The van der Waals surface area contributed by atoms with Gasteiger partial charge in [0.1, 0.15) is 26.5 Å². The molecule has 0 amide bonds. The molecule has 8 nitrogen and oxygen atoms in total. The average Bonchev–Trinajstić information content (AvgIpc) is 3.08. The highest BCUT2D eigenvalue weighted by molar-refractivity contribution is 6.32. The molecule has 12 heteroatoms. The second-order valence-electron chi connectivity index (χ2n) is 7.01. The van der Waals surface area contributed by atoms with Crippen molar-refractivity contribution in [2.45, 2.75) is 6.36 Å². The fourth-order valence-corrected chi connectivity index (χ4v) is 3.13. The minimum absolute atomic E-state index is 0.0587. The molecule has 2 radical (unpaired) electrons. The van der Waals surface area contributed by atoms with E-state index in [1.807, 2.05) is 0 Å². The summed E-state index contributed by atoms with van der Waals surface area (Å²) in [6, 6.07) is 12.5. The first-order chi connectivity index (χ1) is 16.2. The molecule has 0 aliphatic rings. The maximum absolute atomic E-state index is 12.8. The highest BCUT2D eigenvalue weighted by Gasteiger charge is 2.32. The number of anilines is 2. The van der Waals surface area contributed by atoms with E-state index in [1.165, 1.54) is 25.5 Å². The van der Waals surface area contributed by atoms with Gasteiger partial charge < -0.3 is 24.2 Å². The van der Waals surface area contributed by atoms with Crippen LogP contribution in [-0.4, -0.2) is 42.1 Å². The lowest BCUT2D eigenvalue weighted by atomic mass is 9.96. The molecular formula is C22H17BF3N5O3. The van der Waals surface area contributed by atoms with Crippen molar-refractivity contribution in [3.8, 4) is 17.2 Å². The highest BCUT2D eigenvalue weighted by Crippen LogP contribution is 2.33. The van der Waals surface area contributed by atoms with Crippen molar-refractivity contribution < 1.29 is 27.5 Å². The molecule has 172 valence electrons. The number of rotatable bonds is 7. The van der Waals surface area contributed by atoms with Crippen molar-refractivity contribution >= 4 is 42.2 Å². The summed E-state index contributed by atoms with van der Waals surface area (Å²) in [6.45, 7) is 0. The number of imidazole rings is 1. The number of aromatic nitrogens is 3. The highest BCUT2D eigenvalue weighted by atomic mass is 19.4. The van der Waals surface area contributed by atoms with Gasteiger partial charge >= 0.3 is 6.36 Å². The molecule has 2 aromatic heterocycles. The Bertz CT molecular complexity index is 1360. The van der Waals surface area contributed by atoms with Gasteiger partial charge in [-0.1, -0.05) is 16.7 Å². The summed E-state index contributed by atoms with van der Waals surface area (Å²) in [5.41, 5.74) is 2.02. The summed E-state index contributed by atoms with van der Waals surface area (Å²) in [6.07, 6.45) is -1.85. The van der Waals surface area contributed by atoms with Gasteiger partial charge in [-0.3, -0.25) is 4.98 Å². The lowest BCUT2D eigenvalue weighted by Gasteiger charge is -2.15. The van der Waals surface area contributed by atoms with E-state index >= 15 is 0 Å². The van der Waals surface area contributed by atoms with Crippen LogP contribution < -0.4 is 20.3 Å². The Labute approximate surface area is 193 Å².